The molecule has 1 atom stereocenters. The zero-order valence-electron chi connectivity index (χ0n) is 9.23. The quantitative estimate of drug-likeness (QED) is 0.581. The Labute approximate surface area is 91.4 Å². The summed E-state index contributed by atoms with van der Waals surface area (Å²) < 4.78 is 28.3. The van der Waals surface area contributed by atoms with Crippen molar-refractivity contribution in [3.05, 3.63) is 0 Å². The molecule has 0 aromatic rings. The van der Waals surface area contributed by atoms with Gasteiger partial charge in [0.2, 0.25) is 0 Å². The molecule has 1 unspecified atom stereocenters. The number of aliphatic hydroxyl groups excluding tert-OH is 1. The van der Waals surface area contributed by atoms with E-state index < -0.39 is 10.2 Å². The molecule has 0 saturated heterocycles. The first-order valence-corrected chi connectivity index (χ1v) is 6.83. The van der Waals surface area contributed by atoms with Gasteiger partial charge in [-0.05, 0) is 25.2 Å². The summed E-state index contributed by atoms with van der Waals surface area (Å²) >= 11 is 0. The topological polar surface area (TPSA) is 78.4 Å². The lowest BCUT2D eigenvalue weighted by Gasteiger charge is -2.21. The Kier molecular flexibility index (Phi) is 4.51. The minimum absolute atomic E-state index is 0.00516. The largest absolute Gasteiger partial charge is 0.396 e. The third-order valence-electron chi connectivity index (χ3n) is 2.45. The maximum atomic E-state index is 11.6. The van der Waals surface area contributed by atoms with Crippen LogP contribution < -0.4 is 9.44 Å². The van der Waals surface area contributed by atoms with Crippen LogP contribution in [0.5, 0.6) is 0 Å². The third-order valence-corrected chi connectivity index (χ3v) is 3.71. The summed E-state index contributed by atoms with van der Waals surface area (Å²) in [6, 6.07) is -0.0873. The number of hydrogen-bond donors (Lipinski definition) is 3. The van der Waals surface area contributed by atoms with Crippen molar-refractivity contribution in [3.8, 4) is 0 Å². The van der Waals surface area contributed by atoms with Gasteiger partial charge in [0.05, 0.1) is 0 Å². The number of nitrogens with one attached hydrogen (secondary N) is 2. The van der Waals surface area contributed by atoms with Crippen molar-refractivity contribution in [1.29, 1.82) is 0 Å². The molecule has 3 N–H and O–H groups in total. The smallest absolute Gasteiger partial charge is 0.277 e. The van der Waals surface area contributed by atoms with Gasteiger partial charge in [-0.2, -0.15) is 17.9 Å². The molecule has 5 nitrogen and oxygen atoms in total. The van der Waals surface area contributed by atoms with Gasteiger partial charge in [-0.3, -0.25) is 0 Å². The standard InChI is InChI=1S/C9H20N2O3S/c1-7(2)9(5-6-12)11-15(13,14)10-8-3-4-8/h7-12H,3-6H2,1-2H3. The van der Waals surface area contributed by atoms with Crippen molar-refractivity contribution in [2.24, 2.45) is 5.92 Å². The maximum absolute atomic E-state index is 11.6. The van der Waals surface area contributed by atoms with E-state index in [-0.39, 0.29) is 24.6 Å². The predicted octanol–water partition coefficient (Wildman–Crippen LogP) is -0.0202. The fourth-order valence-electron chi connectivity index (χ4n) is 1.32. The summed E-state index contributed by atoms with van der Waals surface area (Å²) in [5, 5.41) is 8.82. The number of aliphatic hydroxyl groups is 1. The lowest BCUT2D eigenvalue weighted by atomic mass is 10.0. The van der Waals surface area contributed by atoms with Crippen molar-refractivity contribution in [2.75, 3.05) is 6.61 Å². The monoisotopic (exact) mass is 236 g/mol. The molecule has 1 saturated carbocycles. The van der Waals surface area contributed by atoms with E-state index in [0.717, 1.165) is 12.8 Å². The van der Waals surface area contributed by atoms with E-state index >= 15 is 0 Å². The van der Waals surface area contributed by atoms with Crippen LogP contribution in [-0.4, -0.2) is 32.2 Å². The molecule has 1 fully saturated rings. The summed E-state index contributed by atoms with van der Waals surface area (Å²) in [6.07, 6.45) is 2.30. The molecule has 0 aliphatic heterocycles. The lowest BCUT2D eigenvalue weighted by molar-refractivity contribution is 0.255. The lowest BCUT2D eigenvalue weighted by Crippen LogP contribution is -2.46. The van der Waals surface area contributed by atoms with Gasteiger partial charge in [0.15, 0.2) is 0 Å². The Bertz CT molecular complexity index is 286. The molecular weight excluding hydrogens is 216 g/mol. The molecule has 1 aliphatic carbocycles. The molecule has 1 aliphatic rings. The molecule has 0 heterocycles. The summed E-state index contributed by atoms with van der Waals surface area (Å²) in [5.74, 6) is 0.174. The molecule has 0 radical (unpaired) electrons. The zero-order chi connectivity index (χ0) is 11.5. The normalized spacial score (nSPS) is 19.5. The van der Waals surface area contributed by atoms with Crippen molar-refractivity contribution >= 4 is 10.2 Å². The minimum atomic E-state index is -3.40. The van der Waals surface area contributed by atoms with Crippen LogP contribution in [0.1, 0.15) is 33.1 Å². The van der Waals surface area contributed by atoms with E-state index in [4.69, 9.17) is 5.11 Å². The average molecular weight is 236 g/mol. The van der Waals surface area contributed by atoms with Gasteiger partial charge in [0.25, 0.3) is 10.2 Å². The Morgan fingerprint density at radius 2 is 2.00 bits per heavy atom. The van der Waals surface area contributed by atoms with E-state index in [2.05, 4.69) is 9.44 Å². The van der Waals surface area contributed by atoms with Crippen molar-refractivity contribution in [3.63, 3.8) is 0 Å². The number of hydrogen-bond acceptors (Lipinski definition) is 3. The first kappa shape index (κ1) is 12.9. The number of rotatable bonds is 7. The molecule has 6 heteroatoms. The highest BCUT2D eigenvalue weighted by atomic mass is 32.2. The van der Waals surface area contributed by atoms with Gasteiger partial charge in [-0.15, -0.1) is 0 Å². The van der Waals surface area contributed by atoms with Gasteiger partial charge in [0, 0.05) is 18.7 Å². The van der Waals surface area contributed by atoms with Crippen LogP contribution in [-0.2, 0) is 10.2 Å². The SMILES string of the molecule is CC(C)C(CCO)NS(=O)(=O)NC1CC1. The summed E-state index contributed by atoms with van der Waals surface area (Å²) in [6.45, 7) is 3.86. The highest BCUT2D eigenvalue weighted by molar-refractivity contribution is 7.87. The Morgan fingerprint density at radius 1 is 1.40 bits per heavy atom. The summed E-state index contributed by atoms with van der Waals surface area (Å²) in [5.41, 5.74) is 0. The van der Waals surface area contributed by atoms with E-state index in [0.29, 0.717) is 6.42 Å². The molecule has 0 amide bonds. The van der Waals surface area contributed by atoms with Crippen molar-refractivity contribution in [1.82, 2.24) is 9.44 Å². The fourth-order valence-corrected chi connectivity index (χ4v) is 2.85. The summed E-state index contributed by atoms with van der Waals surface area (Å²) in [4.78, 5) is 0. The third kappa shape index (κ3) is 4.92. The molecule has 1 rings (SSSR count). The van der Waals surface area contributed by atoms with Crippen LogP contribution >= 0.6 is 0 Å². The van der Waals surface area contributed by atoms with Gasteiger partial charge in [-0.1, -0.05) is 13.8 Å². The van der Waals surface area contributed by atoms with Crippen LogP contribution in [0.15, 0.2) is 0 Å². The van der Waals surface area contributed by atoms with Crippen LogP contribution in [0.2, 0.25) is 0 Å². The van der Waals surface area contributed by atoms with Gasteiger partial charge in [-0.25, -0.2) is 0 Å². The molecule has 0 spiro atoms. The van der Waals surface area contributed by atoms with Crippen LogP contribution in [0.25, 0.3) is 0 Å². The second kappa shape index (κ2) is 5.25. The Hall–Kier alpha value is -0.170. The fraction of sp³-hybridized carbons (Fsp3) is 1.00. The Balaban J connectivity index is 2.47. The molecule has 90 valence electrons. The maximum Gasteiger partial charge on any atom is 0.277 e. The van der Waals surface area contributed by atoms with E-state index in [1.807, 2.05) is 13.8 Å². The Morgan fingerprint density at radius 3 is 2.40 bits per heavy atom. The minimum Gasteiger partial charge on any atom is -0.396 e. The highest BCUT2D eigenvalue weighted by Gasteiger charge is 2.28. The second-order valence-electron chi connectivity index (χ2n) is 4.38. The van der Waals surface area contributed by atoms with E-state index in [1.54, 1.807) is 0 Å². The molecule has 15 heavy (non-hydrogen) atoms. The predicted molar refractivity (Wildman–Crippen MR) is 58.5 cm³/mol. The van der Waals surface area contributed by atoms with Gasteiger partial charge >= 0.3 is 0 Å². The van der Waals surface area contributed by atoms with E-state index in [9.17, 15) is 8.42 Å². The molecule has 0 bridgehead atoms. The average Bonchev–Trinajstić information content (AvgIpc) is 2.86. The molecule has 0 aromatic heterocycles. The van der Waals surface area contributed by atoms with E-state index in [1.165, 1.54) is 0 Å². The highest BCUT2D eigenvalue weighted by Crippen LogP contribution is 2.19. The van der Waals surface area contributed by atoms with Gasteiger partial charge < -0.3 is 5.11 Å². The van der Waals surface area contributed by atoms with Crippen LogP contribution in [0.4, 0.5) is 0 Å². The van der Waals surface area contributed by atoms with Crippen LogP contribution in [0, 0.1) is 5.92 Å². The first-order chi connectivity index (χ1) is 6.94. The molecular formula is C9H20N2O3S. The second-order valence-corrected chi connectivity index (χ2v) is 5.85. The van der Waals surface area contributed by atoms with Gasteiger partial charge in [0.1, 0.15) is 0 Å². The van der Waals surface area contributed by atoms with Crippen molar-refractivity contribution in [2.45, 2.75) is 45.2 Å². The van der Waals surface area contributed by atoms with Crippen LogP contribution in [0.3, 0.4) is 0 Å². The zero-order valence-corrected chi connectivity index (χ0v) is 10.0. The first-order valence-electron chi connectivity index (χ1n) is 5.35. The van der Waals surface area contributed by atoms with Crippen molar-refractivity contribution < 1.29 is 13.5 Å². The summed E-state index contributed by atoms with van der Waals surface area (Å²) in [7, 11) is -3.40. The molecule has 0 aromatic carbocycles.